The molecule has 0 aromatic heterocycles. The van der Waals surface area contributed by atoms with Gasteiger partial charge in [0.2, 0.25) is 0 Å². The maximum atomic E-state index is 3.87. The molecule has 1 aliphatic heterocycles. The Morgan fingerprint density at radius 3 is 2.33 bits per heavy atom. The van der Waals surface area contributed by atoms with E-state index in [1.54, 1.807) is 0 Å². The summed E-state index contributed by atoms with van der Waals surface area (Å²) in [5, 5.41) is 3.87. The third kappa shape index (κ3) is 4.69. The van der Waals surface area contributed by atoms with Gasteiger partial charge in [-0.05, 0) is 75.3 Å². The van der Waals surface area contributed by atoms with Gasteiger partial charge < -0.3 is 10.2 Å². The molecule has 1 heterocycles. The van der Waals surface area contributed by atoms with Crippen LogP contribution in [0.3, 0.4) is 0 Å². The normalized spacial score (nSPS) is 39.1. The van der Waals surface area contributed by atoms with E-state index in [4.69, 9.17) is 0 Å². The molecule has 1 unspecified atom stereocenters. The summed E-state index contributed by atoms with van der Waals surface area (Å²) < 4.78 is 0. The minimum atomic E-state index is 0.586. The first-order valence-corrected chi connectivity index (χ1v) is 9.61. The zero-order valence-corrected chi connectivity index (χ0v) is 14.4. The van der Waals surface area contributed by atoms with Crippen LogP contribution in [0.5, 0.6) is 0 Å². The predicted molar refractivity (Wildman–Crippen MR) is 90.5 cm³/mol. The molecule has 1 saturated heterocycles. The number of hydrogen-bond donors (Lipinski definition) is 1. The van der Waals surface area contributed by atoms with Crippen LogP contribution in [-0.2, 0) is 0 Å². The lowest BCUT2D eigenvalue weighted by Gasteiger charge is -2.43. The van der Waals surface area contributed by atoms with Crippen molar-refractivity contribution in [3.05, 3.63) is 0 Å². The Hall–Kier alpha value is -0.0800. The van der Waals surface area contributed by atoms with Crippen molar-refractivity contribution >= 4 is 0 Å². The molecule has 2 aliphatic carbocycles. The molecular formula is C19H36N2. The molecule has 2 nitrogen and oxygen atoms in total. The summed E-state index contributed by atoms with van der Waals surface area (Å²) in [5.41, 5.74) is 0.586. The van der Waals surface area contributed by atoms with E-state index in [1.165, 1.54) is 84.0 Å². The Morgan fingerprint density at radius 2 is 1.62 bits per heavy atom. The van der Waals surface area contributed by atoms with Crippen LogP contribution in [-0.4, -0.2) is 37.1 Å². The van der Waals surface area contributed by atoms with Crippen molar-refractivity contribution in [2.75, 3.05) is 26.2 Å². The van der Waals surface area contributed by atoms with Gasteiger partial charge in [0.05, 0.1) is 0 Å². The summed E-state index contributed by atoms with van der Waals surface area (Å²) >= 11 is 0. The van der Waals surface area contributed by atoms with Crippen LogP contribution in [0.1, 0.15) is 71.6 Å². The van der Waals surface area contributed by atoms with E-state index < -0.39 is 0 Å². The lowest BCUT2D eigenvalue weighted by Crippen LogP contribution is -2.47. The lowest BCUT2D eigenvalue weighted by atomic mass is 9.70. The Bertz CT molecular complexity index is 316. The smallest absolute Gasteiger partial charge is 0.00684 e. The summed E-state index contributed by atoms with van der Waals surface area (Å²) in [6, 6.07) is 0.866. The van der Waals surface area contributed by atoms with E-state index in [2.05, 4.69) is 24.1 Å². The highest BCUT2D eigenvalue weighted by Crippen LogP contribution is 2.40. The molecular weight excluding hydrogens is 256 g/mol. The van der Waals surface area contributed by atoms with Gasteiger partial charge in [-0.15, -0.1) is 0 Å². The van der Waals surface area contributed by atoms with Crippen molar-refractivity contribution in [3.63, 3.8) is 0 Å². The molecule has 0 bridgehead atoms. The van der Waals surface area contributed by atoms with Crippen LogP contribution >= 0.6 is 0 Å². The highest BCUT2D eigenvalue weighted by molar-refractivity contribution is 4.92. The number of nitrogens with one attached hydrogen (secondary N) is 1. The van der Waals surface area contributed by atoms with Gasteiger partial charge in [-0.3, -0.25) is 0 Å². The predicted octanol–water partition coefficient (Wildman–Crippen LogP) is 4.06. The molecule has 122 valence electrons. The van der Waals surface area contributed by atoms with Crippen molar-refractivity contribution in [1.29, 1.82) is 0 Å². The van der Waals surface area contributed by atoms with Gasteiger partial charge in [0.15, 0.2) is 0 Å². The first-order chi connectivity index (χ1) is 10.2. The van der Waals surface area contributed by atoms with Crippen molar-refractivity contribution in [2.24, 2.45) is 17.3 Å². The maximum absolute atomic E-state index is 3.87. The van der Waals surface area contributed by atoms with Crippen LogP contribution in [0.25, 0.3) is 0 Å². The zero-order chi connectivity index (χ0) is 14.7. The summed E-state index contributed by atoms with van der Waals surface area (Å²) in [5.74, 6) is 1.91. The zero-order valence-electron chi connectivity index (χ0n) is 14.4. The van der Waals surface area contributed by atoms with Crippen LogP contribution < -0.4 is 5.32 Å². The Labute approximate surface area is 132 Å². The molecule has 0 radical (unpaired) electrons. The average Bonchev–Trinajstić information content (AvgIpc) is 3.30. The molecule has 1 N–H and O–H groups in total. The minimum Gasteiger partial charge on any atom is -0.313 e. The summed E-state index contributed by atoms with van der Waals surface area (Å²) in [4.78, 5) is 2.81. The standard InChI is InChI=1S/C19H36N2/c1-16-4-3-12-21(13-9-16)15-19(14-20-18-5-6-18)10-7-17(2)8-11-19/h16-18,20H,3-15H2,1-2H3. The Balaban J connectivity index is 1.57. The highest BCUT2D eigenvalue weighted by Gasteiger charge is 2.37. The topological polar surface area (TPSA) is 15.3 Å². The van der Waals surface area contributed by atoms with Crippen LogP contribution in [0.15, 0.2) is 0 Å². The van der Waals surface area contributed by atoms with Gasteiger partial charge in [-0.1, -0.05) is 26.7 Å². The second kappa shape index (κ2) is 7.00. The number of rotatable bonds is 5. The van der Waals surface area contributed by atoms with E-state index in [0.29, 0.717) is 5.41 Å². The fourth-order valence-electron chi connectivity index (χ4n) is 4.37. The maximum Gasteiger partial charge on any atom is 0.00684 e. The van der Waals surface area contributed by atoms with E-state index in [1.807, 2.05) is 0 Å². The quantitative estimate of drug-likeness (QED) is 0.822. The van der Waals surface area contributed by atoms with Crippen molar-refractivity contribution in [2.45, 2.75) is 77.7 Å². The van der Waals surface area contributed by atoms with E-state index in [9.17, 15) is 0 Å². The van der Waals surface area contributed by atoms with Gasteiger partial charge in [-0.2, -0.15) is 0 Å². The molecule has 2 heteroatoms. The van der Waals surface area contributed by atoms with E-state index in [0.717, 1.165) is 17.9 Å². The van der Waals surface area contributed by atoms with Crippen LogP contribution in [0.2, 0.25) is 0 Å². The number of likely N-dealkylation sites (tertiary alicyclic amines) is 1. The number of hydrogen-bond acceptors (Lipinski definition) is 2. The van der Waals surface area contributed by atoms with Crippen molar-refractivity contribution in [3.8, 4) is 0 Å². The first kappa shape index (κ1) is 15.8. The number of nitrogens with zero attached hydrogens (tertiary/aromatic N) is 1. The van der Waals surface area contributed by atoms with Crippen molar-refractivity contribution in [1.82, 2.24) is 10.2 Å². The van der Waals surface area contributed by atoms with Crippen LogP contribution in [0, 0.1) is 17.3 Å². The van der Waals surface area contributed by atoms with Gasteiger partial charge >= 0.3 is 0 Å². The SMILES string of the molecule is CC1CCCN(CC2(CNC3CC3)CCC(C)CC2)CC1. The Morgan fingerprint density at radius 1 is 0.905 bits per heavy atom. The lowest BCUT2D eigenvalue weighted by molar-refractivity contribution is 0.0871. The summed E-state index contributed by atoms with van der Waals surface area (Å²) in [7, 11) is 0. The molecule has 0 spiro atoms. The third-order valence-corrected chi connectivity index (χ3v) is 6.35. The molecule has 3 rings (SSSR count). The molecule has 0 aromatic rings. The van der Waals surface area contributed by atoms with Gasteiger partial charge in [-0.25, -0.2) is 0 Å². The van der Waals surface area contributed by atoms with Gasteiger partial charge in [0, 0.05) is 19.1 Å². The molecule has 0 aromatic carbocycles. The van der Waals surface area contributed by atoms with E-state index in [-0.39, 0.29) is 0 Å². The monoisotopic (exact) mass is 292 g/mol. The average molecular weight is 293 g/mol. The second-order valence-corrected chi connectivity index (χ2v) is 8.65. The minimum absolute atomic E-state index is 0.586. The summed E-state index contributed by atoms with van der Waals surface area (Å²) in [6.07, 6.45) is 13.0. The largest absolute Gasteiger partial charge is 0.313 e. The second-order valence-electron chi connectivity index (χ2n) is 8.65. The molecule has 0 amide bonds. The molecule has 3 aliphatic rings. The Kier molecular flexibility index (Phi) is 5.27. The summed E-state index contributed by atoms with van der Waals surface area (Å²) in [6.45, 7) is 10.2. The van der Waals surface area contributed by atoms with Gasteiger partial charge in [0.25, 0.3) is 0 Å². The van der Waals surface area contributed by atoms with Crippen molar-refractivity contribution < 1.29 is 0 Å². The van der Waals surface area contributed by atoms with Gasteiger partial charge in [0.1, 0.15) is 0 Å². The highest BCUT2D eigenvalue weighted by atomic mass is 15.1. The molecule has 3 fully saturated rings. The molecule has 1 atom stereocenters. The fraction of sp³-hybridized carbons (Fsp3) is 1.00. The molecule has 2 saturated carbocycles. The third-order valence-electron chi connectivity index (χ3n) is 6.35. The fourth-order valence-corrected chi connectivity index (χ4v) is 4.37. The van der Waals surface area contributed by atoms with E-state index >= 15 is 0 Å². The first-order valence-electron chi connectivity index (χ1n) is 9.61. The van der Waals surface area contributed by atoms with Crippen LogP contribution in [0.4, 0.5) is 0 Å². The molecule has 21 heavy (non-hydrogen) atoms.